The van der Waals surface area contributed by atoms with E-state index >= 15 is 0 Å². The van der Waals surface area contributed by atoms with Crippen molar-refractivity contribution < 1.29 is 8.42 Å². The van der Waals surface area contributed by atoms with Gasteiger partial charge in [0.25, 0.3) is 0 Å². The van der Waals surface area contributed by atoms with Crippen LogP contribution < -0.4 is 11.1 Å². The van der Waals surface area contributed by atoms with Gasteiger partial charge >= 0.3 is 0 Å². The first kappa shape index (κ1) is 14.3. The Morgan fingerprint density at radius 3 is 2.75 bits per heavy atom. The number of H-pyrrole nitrogens is 1. The van der Waals surface area contributed by atoms with Gasteiger partial charge in [-0.2, -0.15) is 5.10 Å². The van der Waals surface area contributed by atoms with Crippen LogP contribution in [-0.4, -0.2) is 42.0 Å². The molecule has 1 aromatic heterocycles. The van der Waals surface area contributed by atoms with Gasteiger partial charge in [0.1, 0.15) is 12.2 Å². The van der Waals surface area contributed by atoms with Gasteiger partial charge in [-0.15, -0.1) is 0 Å². The second kappa shape index (κ2) is 5.47. The fourth-order valence-electron chi connectivity index (χ4n) is 1.55. The average Bonchev–Trinajstić information content (AvgIpc) is 2.90. The first-order valence-corrected chi connectivity index (χ1v) is 7.25. The van der Waals surface area contributed by atoms with Crippen LogP contribution in [-0.2, 0) is 16.6 Å². The molecule has 4 N–H and O–H groups in total. The van der Waals surface area contributed by atoms with E-state index < -0.39 is 10.0 Å². The maximum Gasteiger partial charge on any atom is 0.242 e. The Labute approximate surface area is 117 Å². The van der Waals surface area contributed by atoms with E-state index in [2.05, 4.69) is 20.5 Å². The number of benzene rings is 1. The molecule has 0 bridgehead atoms. The van der Waals surface area contributed by atoms with Crippen molar-refractivity contribution in [3.63, 3.8) is 0 Å². The van der Waals surface area contributed by atoms with E-state index in [1.165, 1.54) is 32.6 Å². The van der Waals surface area contributed by atoms with Crippen molar-refractivity contribution in [3.05, 3.63) is 30.4 Å². The maximum atomic E-state index is 12.1. The molecular formula is C11H16N6O2S. The predicted octanol–water partition coefficient (Wildman–Crippen LogP) is 0.249. The second-order valence-corrected chi connectivity index (χ2v) is 6.47. The van der Waals surface area contributed by atoms with Crippen LogP contribution in [0.5, 0.6) is 0 Å². The summed E-state index contributed by atoms with van der Waals surface area (Å²) in [5.41, 5.74) is 6.82. The number of aromatic nitrogens is 3. The highest BCUT2D eigenvalue weighted by Crippen LogP contribution is 2.24. The average molecular weight is 296 g/mol. The zero-order valence-electron chi connectivity index (χ0n) is 11.2. The Hall–Kier alpha value is -2.13. The lowest BCUT2D eigenvalue weighted by atomic mass is 10.2. The van der Waals surface area contributed by atoms with E-state index in [1.807, 2.05) is 0 Å². The van der Waals surface area contributed by atoms with E-state index in [9.17, 15) is 8.42 Å². The Balaban J connectivity index is 2.25. The fourth-order valence-corrected chi connectivity index (χ4v) is 2.48. The minimum Gasteiger partial charge on any atom is -0.397 e. The third kappa shape index (κ3) is 2.89. The Kier molecular flexibility index (Phi) is 3.91. The Morgan fingerprint density at radius 2 is 2.15 bits per heavy atom. The summed E-state index contributed by atoms with van der Waals surface area (Å²) in [5, 5.41) is 9.45. The van der Waals surface area contributed by atoms with Crippen LogP contribution in [0.3, 0.4) is 0 Å². The van der Waals surface area contributed by atoms with E-state index in [1.54, 1.807) is 6.07 Å². The van der Waals surface area contributed by atoms with Crippen LogP contribution in [0.2, 0.25) is 0 Å². The Bertz CT molecular complexity index is 681. The van der Waals surface area contributed by atoms with E-state index in [0.717, 1.165) is 4.31 Å². The predicted molar refractivity (Wildman–Crippen MR) is 75.4 cm³/mol. The first-order chi connectivity index (χ1) is 9.41. The molecule has 9 heteroatoms. The van der Waals surface area contributed by atoms with Crippen LogP contribution >= 0.6 is 0 Å². The molecule has 0 unspecified atom stereocenters. The van der Waals surface area contributed by atoms with Gasteiger partial charge in [0.05, 0.1) is 22.8 Å². The van der Waals surface area contributed by atoms with Gasteiger partial charge < -0.3 is 11.1 Å². The number of rotatable bonds is 5. The summed E-state index contributed by atoms with van der Waals surface area (Å²) in [7, 11) is -0.527. The minimum atomic E-state index is -3.49. The molecule has 0 saturated heterocycles. The molecule has 108 valence electrons. The molecule has 0 amide bonds. The van der Waals surface area contributed by atoms with Crippen molar-refractivity contribution in [2.45, 2.75) is 11.4 Å². The van der Waals surface area contributed by atoms with Crippen molar-refractivity contribution >= 4 is 21.4 Å². The molecule has 1 heterocycles. The normalized spacial score (nSPS) is 11.8. The van der Waals surface area contributed by atoms with E-state index in [-0.39, 0.29) is 4.90 Å². The van der Waals surface area contributed by atoms with E-state index in [0.29, 0.717) is 23.7 Å². The summed E-state index contributed by atoms with van der Waals surface area (Å²) < 4.78 is 25.3. The maximum absolute atomic E-state index is 12.1. The number of nitrogen functional groups attached to an aromatic ring is 1. The first-order valence-electron chi connectivity index (χ1n) is 5.81. The summed E-state index contributed by atoms with van der Waals surface area (Å²) >= 11 is 0. The number of hydrogen-bond acceptors (Lipinski definition) is 6. The number of sulfonamides is 1. The van der Waals surface area contributed by atoms with Crippen molar-refractivity contribution in [2.24, 2.45) is 0 Å². The topological polar surface area (TPSA) is 117 Å². The lowest BCUT2D eigenvalue weighted by Gasteiger charge is -2.14. The number of anilines is 2. The van der Waals surface area contributed by atoms with Gasteiger partial charge in [-0.25, -0.2) is 17.7 Å². The standard InChI is InChI=1S/C11H16N6O2S/c1-17(2)20(18,19)8-3-4-9(12)10(5-8)13-6-11-14-7-15-16-11/h3-5,7,13H,6,12H2,1-2H3,(H,14,15,16). The molecule has 0 aliphatic carbocycles. The molecule has 20 heavy (non-hydrogen) atoms. The van der Waals surface area contributed by atoms with Gasteiger partial charge in [-0.05, 0) is 18.2 Å². The van der Waals surface area contributed by atoms with Gasteiger partial charge in [-0.1, -0.05) is 0 Å². The van der Waals surface area contributed by atoms with Gasteiger partial charge in [0, 0.05) is 14.1 Å². The van der Waals surface area contributed by atoms with E-state index in [4.69, 9.17) is 5.73 Å². The monoisotopic (exact) mass is 296 g/mol. The van der Waals surface area contributed by atoms with Gasteiger partial charge in [0.2, 0.25) is 10.0 Å². The highest BCUT2D eigenvalue weighted by Gasteiger charge is 2.18. The largest absolute Gasteiger partial charge is 0.397 e. The SMILES string of the molecule is CN(C)S(=O)(=O)c1ccc(N)c(NCc2ncn[nH]2)c1. The highest BCUT2D eigenvalue weighted by molar-refractivity contribution is 7.89. The van der Waals surface area contributed by atoms with Crippen LogP contribution in [0.25, 0.3) is 0 Å². The molecule has 0 saturated carbocycles. The zero-order valence-corrected chi connectivity index (χ0v) is 12.0. The molecule has 0 atom stereocenters. The zero-order chi connectivity index (χ0) is 14.8. The number of nitrogens with one attached hydrogen (secondary N) is 2. The fraction of sp³-hybridized carbons (Fsp3) is 0.273. The molecule has 1 aromatic carbocycles. The van der Waals surface area contributed by atoms with Crippen LogP contribution in [0.15, 0.2) is 29.4 Å². The summed E-state index contributed by atoms with van der Waals surface area (Å²) in [6.45, 7) is 0.371. The van der Waals surface area contributed by atoms with Gasteiger partial charge in [0.15, 0.2) is 0 Å². The number of nitrogens with two attached hydrogens (primary N) is 1. The van der Waals surface area contributed by atoms with Crippen molar-refractivity contribution in [3.8, 4) is 0 Å². The molecule has 0 aliphatic rings. The quantitative estimate of drug-likeness (QED) is 0.681. The molecule has 2 rings (SSSR count). The molecular weight excluding hydrogens is 280 g/mol. The number of hydrogen-bond donors (Lipinski definition) is 3. The van der Waals surface area contributed by atoms with Crippen LogP contribution in [0.4, 0.5) is 11.4 Å². The van der Waals surface area contributed by atoms with Crippen molar-refractivity contribution in [2.75, 3.05) is 25.1 Å². The van der Waals surface area contributed by atoms with Crippen molar-refractivity contribution in [1.29, 1.82) is 0 Å². The van der Waals surface area contributed by atoms with Crippen LogP contribution in [0.1, 0.15) is 5.82 Å². The summed E-state index contributed by atoms with van der Waals surface area (Å²) in [6, 6.07) is 4.53. The number of nitrogens with zero attached hydrogens (tertiary/aromatic N) is 3. The lowest BCUT2D eigenvalue weighted by Crippen LogP contribution is -2.22. The molecule has 8 nitrogen and oxygen atoms in total. The second-order valence-electron chi connectivity index (χ2n) is 4.32. The Morgan fingerprint density at radius 1 is 1.40 bits per heavy atom. The third-order valence-electron chi connectivity index (χ3n) is 2.71. The molecule has 2 aromatic rings. The van der Waals surface area contributed by atoms with Gasteiger partial charge in [-0.3, -0.25) is 5.10 Å². The van der Waals surface area contributed by atoms with Crippen molar-refractivity contribution in [1.82, 2.24) is 19.5 Å². The third-order valence-corrected chi connectivity index (χ3v) is 4.53. The molecule has 0 radical (unpaired) electrons. The summed E-state index contributed by atoms with van der Waals surface area (Å²) in [4.78, 5) is 4.14. The van der Waals surface area contributed by atoms with Crippen LogP contribution in [0, 0.1) is 0 Å². The molecule has 0 spiro atoms. The summed E-state index contributed by atoms with van der Waals surface area (Å²) in [5.74, 6) is 0.630. The summed E-state index contributed by atoms with van der Waals surface area (Å²) in [6.07, 6.45) is 1.40. The number of aromatic amines is 1. The molecule has 0 aliphatic heterocycles. The smallest absolute Gasteiger partial charge is 0.242 e. The molecule has 0 fully saturated rings. The minimum absolute atomic E-state index is 0.178. The highest BCUT2D eigenvalue weighted by atomic mass is 32.2. The lowest BCUT2D eigenvalue weighted by molar-refractivity contribution is 0.521.